The molecule has 0 fully saturated rings. The number of nitriles is 1. The molecule has 1 aromatic carbocycles. The van der Waals surface area contributed by atoms with E-state index in [1.165, 1.54) is 24.3 Å². The molecule has 8 heteroatoms. The predicted octanol–water partition coefficient (Wildman–Crippen LogP) is 0.872. The molecule has 0 bridgehead atoms. The highest BCUT2D eigenvalue weighted by Crippen LogP contribution is 2.03. The van der Waals surface area contributed by atoms with E-state index >= 15 is 0 Å². The van der Waals surface area contributed by atoms with Crippen LogP contribution in [0.25, 0.3) is 0 Å². The normalized spacial score (nSPS) is 10.4. The van der Waals surface area contributed by atoms with E-state index in [-0.39, 0.29) is 12.2 Å². The summed E-state index contributed by atoms with van der Waals surface area (Å²) >= 11 is 0. The first-order chi connectivity index (χ1) is 9.08. The lowest BCUT2D eigenvalue weighted by atomic mass is 10.1. The lowest BCUT2D eigenvalue weighted by molar-refractivity contribution is -0.375. The van der Waals surface area contributed by atoms with E-state index in [4.69, 9.17) is 5.26 Å². The van der Waals surface area contributed by atoms with Gasteiger partial charge in [0.15, 0.2) is 0 Å². The molecule has 19 heavy (non-hydrogen) atoms. The second-order valence-electron chi connectivity index (χ2n) is 3.21. The molecule has 0 unspecified atom stereocenters. The molecule has 0 spiro atoms. The van der Waals surface area contributed by atoms with Crippen molar-refractivity contribution in [1.82, 2.24) is 5.43 Å². The number of nitro groups is 1. The quantitative estimate of drug-likeness (QED) is 0.375. The van der Waals surface area contributed by atoms with Gasteiger partial charge in [-0.2, -0.15) is 5.26 Å². The smallest absolute Gasteiger partial charge is 0.424 e. The Balaban J connectivity index is 2.76. The second kappa shape index (κ2) is 6.70. The summed E-state index contributed by atoms with van der Waals surface area (Å²) in [6.07, 6.45) is 0. The Morgan fingerprint density at radius 2 is 2.16 bits per heavy atom. The zero-order valence-electron chi connectivity index (χ0n) is 9.99. The summed E-state index contributed by atoms with van der Waals surface area (Å²) in [5.41, 5.74) is 2.63. The first kappa shape index (κ1) is 14.1. The van der Waals surface area contributed by atoms with Gasteiger partial charge < -0.3 is 14.9 Å². The molecule has 0 aromatic heterocycles. The van der Waals surface area contributed by atoms with Crippen LogP contribution < -0.4 is 5.43 Å². The third kappa shape index (κ3) is 4.08. The average Bonchev–Trinajstić information content (AvgIpc) is 2.42. The van der Waals surface area contributed by atoms with Crippen LogP contribution in [0.1, 0.15) is 22.8 Å². The number of carbonyl (C=O) groups is 1. The zero-order chi connectivity index (χ0) is 14.3. The maximum absolute atomic E-state index is 11.6. The summed E-state index contributed by atoms with van der Waals surface area (Å²) in [7, 11) is 0. The molecule has 0 aliphatic carbocycles. The molecule has 1 rings (SSSR count). The van der Waals surface area contributed by atoms with E-state index in [2.05, 4.69) is 9.84 Å². The number of nitrogens with zero attached hydrogens (tertiary/aromatic N) is 3. The van der Waals surface area contributed by atoms with E-state index in [0.29, 0.717) is 5.56 Å². The third-order valence-corrected chi connectivity index (χ3v) is 1.96. The van der Waals surface area contributed by atoms with Crippen LogP contribution in [-0.2, 0) is 4.74 Å². The van der Waals surface area contributed by atoms with Crippen LogP contribution in [0.15, 0.2) is 29.4 Å². The number of rotatable bonds is 3. The van der Waals surface area contributed by atoms with Gasteiger partial charge in [-0.1, -0.05) is 0 Å². The maximum atomic E-state index is 11.6. The molecule has 8 nitrogen and oxygen atoms in total. The van der Waals surface area contributed by atoms with Crippen LogP contribution in [0.2, 0.25) is 0 Å². The van der Waals surface area contributed by atoms with Crippen molar-refractivity contribution in [3.63, 3.8) is 0 Å². The Bertz CT molecular complexity index is 545. The molecule has 0 saturated heterocycles. The van der Waals surface area contributed by atoms with Gasteiger partial charge in [0, 0.05) is 10.5 Å². The molecule has 1 amide bonds. The van der Waals surface area contributed by atoms with Gasteiger partial charge in [-0.15, -0.1) is 5.43 Å². The summed E-state index contributed by atoms with van der Waals surface area (Å²) in [4.78, 5) is 21.2. The number of hydrogen-bond acceptors (Lipinski definition) is 6. The minimum atomic E-state index is -0.845. The minimum Gasteiger partial charge on any atom is -0.424 e. The van der Waals surface area contributed by atoms with Gasteiger partial charge in [-0.25, -0.2) is 0 Å². The Hall–Kier alpha value is -2.95. The Labute approximate surface area is 108 Å². The Morgan fingerprint density at radius 1 is 1.53 bits per heavy atom. The largest absolute Gasteiger partial charge is 0.562 e. The third-order valence-electron chi connectivity index (χ3n) is 1.96. The van der Waals surface area contributed by atoms with Gasteiger partial charge in [0.25, 0.3) is 5.91 Å². The first-order valence-electron chi connectivity index (χ1n) is 5.23. The van der Waals surface area contributed by atoms with Crippen LogP contribution in [0.3, 0.4) is 0 Å². The van der Waals surface area contributed by atoms with E-state index < -0.39 is 16.9 Å². The summed E-state index contributed by atoms with van der Waals surface area (Å²) in [6.45, 7) is 1.62. The van der Waals surface area contributed by atoms with Crippen LogP contribution in [-0.4, -0.2) is 23.5 Å². The number of hydrazone groups is 1. The standard InChI is InChI=1S/C11H10N4O4/c1-2-19-11(15(17)18)14-13-10(16)9-5-3-8(7-12)4-6-9/h3-6H,2H2,1H3,(H,13,16)/b14-11-. The van der Waals surface area contributed by atoms with Crippen molar-refractivity contribution in [2.24, 2.45) is 5.10 Å². The molecule has 0 saturated carbocycles. The zero-order valence-corrected chi connectivity index (χ0v) is 9.99. The maximum Gasteiger partial charge on any atom is 0.562 e. The molecule has 0 aliphatic heterocycles. The molecular formula is C11H10N4O4. The van der Waals surface area contributed by atoms with Crippen molar-refractivity contribution in [3.8, 4) is 6.07 Å². The molecule has 1 aromatic rings. The van der Waals surface area contributed by atoms with Crippen LogP contribution in [0.5, 0.6) is 0 Å². The van der Waals surface area contributed by atoms with Gasteiger partial charge in [0.2, 0.25) is 0 Å². The highest BCUT2D eigenvalue weighted by atomic mass is 16.7. The van der Waals surface area contributed by atoms with Crippen molar-refractivity contribution in [2.75, 3.05) is 6.61 Å². The molecule has 0 aliphatic rings. The fraction of sp³-hybridized carbons (Fsp3) is 0.182. The number of carbonyl (C=O) groups excluding carboxylic acids is 1. The Kier molecular flexibility index (Phi) is 4.98. The summed E-state index contributed by atoms with van der Waals surface area (Å²) < 4.78 is 4.62. The van der Waals surface area contributed by atoms with Gasteiger partial charge >= 0.3 is 6.02 Å². The SMILES string of the molecule is CCO/C(=N\NC(=O)c1ccc(C#N)cc1)[N+](=O)[O-]. The highest BCUT2D eigenvalue weighted by Gasteiger charge is 2.16. The monoisotopic (exact) mass is 262 g/mol. The number of amidine groups is 1. The van der Waals surface area contributed by atoms with Crippen LogP contribution in [0, 0.1) is 21.4 Å². The topological polar surface area (TPSA) is 118 Å². The van der Waals surface area contributed by atoms with Crippen LogP contribution >= 0.6 is 0 Å². The molecular weight excluding hydrogens is 252 g/mol. The minimum absolute atomic E-state index is 0.0621. The first-order valence-corrected chi connectivity index (χ1v) is 5.23. The van der Waals surface area contributed by atoms with E-state index in [9.17, 15) is 14.9 Å². The van der Waals surface area contributed by atoms with Crippen LogP contribution in [0.4, 0.5) is 0 Å². The predicted molar refractivity (Wildman–Crippen MR) is 64.7 cm³/mol. The van der Waals surface area contributed by atoms with E-state index in [1.807, 2.05) is 11.5 Å². The fourth-order valence-corrected chi connectivity index (χ4v) is 1.11. The summed E-state index contributed by atoms with van der Waals surface area (Å²) in [5.74, 6) is -0.636. The van der Waals surface area contributed by atoms with Gasteiger partial charge in [-0.05, 0) is 31.2 Å². The Morgan fingerprint density at radius 3 is 2.63 bits per heavy atom. The average molecular weight is 262 g/mol. The number of ether oxygens (including phenoxy) is 1. The number of nitrogens with one attached hydrogen (secondary N) is 1. The molecule has 0 atom stereocenters. The number of hydrogen-bond donors (Lipinski definition) is 1. The summed E-state index contributed by atoms with van der Waals surface area (Å²) in [5, 5.41) is 22.3. The fourth-order valence-electron chi connectivity index (χ4n) is 1.11. The second-order valence-corrected chi connectivity index (χ2v) is 3.21. The number of amides is 1. The molecule has 1 N–H and O–H groups in total. The molecule has 0 heterocycles. The van der Waals surface area contributed by atoms with E-state index in [1.54, 1.807) is 6.92 Å². The van der Waals surface area contributed by atoms with Crippen molar-refractivity contribution < 1.29 is 14.5 Å². The lowest BCUT2D eigenvalue weighted by Crippen LogP contribution is -2.24. The van der Waals surface area contributed by atoms with Crippen molar-refractivity contribution in [3.05, 3.63) is 45.5 Å². The van der Waals surface area contributed by atoms with Gasteiger partial charge in [0.05, 0.1) is 18.2 Å². The molecule has 0 radical (unpaired) electrons. The van der Waals surface area contributed by atoms with Crippen molar-refractivity contribution in [1.29, 1.82) is 5.26 Å². The van der Waals surface area contributed by atoms with Gasteiger partial charge in [-0.3, -0.25) is 4.79 Å². The van der Waals surface area contributed by atoms with E-state index in [0.717, 1.165) is 0 Å². The number of benzene rings is 1. The van der Waals surface area contributed by atoms with Gasteiger partial charge in [0.1, 0.15) is 5.10 Å². The highest BCUT2D eigenvalue weighted by molar-refractivity contribution is 5.94. The lowest BCUT2D eigenvalue weighted by Gasteiger charge is -1.99. The van der Waals surface area contributed by atoms with Crippen molar-refractivity contribution in [2.45, 2.75) is 6.92 Å². The van der Waals surface area contributed by atoms with Crippen molar-refractivity contribution >= 4 is 11.9 Å². The summed E-state index contributed by atoms with van der Waals surface area (Å²) in [6, 6.07) is 6.85. The molecule has 98 valence electrons.